The van der Waals surface area contributed by atoms with E-state index in [1.807, 2.05) is 0 Å². The van der Waals surface area contributed by atoms with Gasteiger partial charge in [-0.2, -0.15) is 0 Å². The number of hydrogen-bond donors (Lipinski definition) is 1. The molecule has 1 aromatic carbocycles. The van der Waals surface area contributed by atoms with Crippen LogP contribution in [0.25, 0.3) is 11.4 Å². The molecule has 0 aliphatic rings. The van der Waals surface area contributed by atoms with Gasteiger partial charge in [-0.3, -0.25) is 4.79 Å². The van der Waals surface area contributed by atoms with Crippen LogP contribution in [0.5, 0.6) is 0 Å². The highest BCUT2D eigenvalue weighted by atomic mass is 79.9. The van der Waals surface area contributed by atoms with Crippen LogP contribution < -0.4 is 0 Å². The van der Waals surface area contributed by atoms with Crippen molar-refractivity contribution in [1.29, 1.82) is 0 Å². The Morgan fingerprint density at radius 1 is 1.50 bits per heavy atom. The van der Waals surface area contributed by atoms with Crippen LogP contribution in [0.1, 0.15) is 16.1 Å². The van der Waals surface area contributed by atoms with Crippen molar-refractivity contribution in [3.8, 4) is 11.4 Å². The molecular formula is C11H8BrFN2O. The quantitative estimate of drug-likeness (QED) is 0.861. The van der Waals surface area contributed by atoms with Gasteiger partial charge in [-0.05, 0) is 40.5 Å². The molecule has 1 N–H and O–H groups in total. The summed E-state index contributed by atoms with van der Waals surface area (Å²) in [6.07, 6.45) is 2.13. The van der Waals surface area contributed by atoms with E-state index in [4.69, 9.17) is 0 Å². The van der Waals surface area contributed by atoms with Crippen LogP contribution in [0.15, 0.2) is 22.8 Å². The first-order chi connectivity index (χ1) is 7.61. The number of halogens is 2. The molecular weight excluding hydrogens is 275 g/mol. The van der Waals surface area contributed by atoms with E-state index in [0.29, 0.717) is 22.3 Å². The second kappa shape index (κ2) is 4.17. The molecule has 0 unspecified atom stereocenters. The summed E-state index contributed by atoms with van der Waals surface area (Å²) >= 11 is 3.28. The highest BCUT2D eigenvalue weighted by molar-refractivity contribution is 9.10. The van der Waals surface area contributed by atoms with E-state index in [0.717, 1.165) is 11.1 Å². The number of carbonyl (C=O) groups is 1. The van der Waals surface area contributed by atoms with Gasteiger partial charge in [-0.1, -0.05) is 0 Å². The Morgan fingerprint density at radius 3 is 2.81 bits per heavy atom. The zero-order chi connectivity index (χ0) is 11.7. The lowest BCUT2D eigenvalue weighted by molar-refractivity contribution is 0.111. The SMILES string of the molecule is Cc1cc(F)cc(Br)c1-c1ncc(C=O)[nH]1. The lowest BCUT2D eigenvalue weighted by Crippen LogP contribution is -1.90. The smallest absolute Gasteiger partial charge is 0.167 e. The molecule has 0 radical (unpaired) electrons. The van der Waals surface area contributed by atoms with Gasteiger partial charge >= 0.3 is 0 Å². The zero-order valence-electron chi connectivity index (χ0n) is 8.42. The van der Waals surface area contributed by atoms with Crippen LogP contribution in [0, 0.1) is 12.7 Å². The summed E-state index contributed by atoms with van der Waals surface area (Å²) in [7, 11) is 0. The maximum absolute atomic E-state index is 13.1. The standard InChI is InChI=1S/C11H8BrFN2O/c1-6-2-7(13)3-9(12)10(6)11-14-4-8(5-16)15-11/h2-5H,1H3,(H,14,15). The molecule has 0 bridgehead atoms. The average molecular weight is 283 g/mol. The molecule has 0 amide bonds. The molecule has 0 saturated carbocycles. The minimum atomic E-state index is -0.310. The Bertz CT molecular complexity index is 528. The van der Waals surface area contributed by atoms with E-state index in [9.17, 15) is 9.18 Å². The number of aromatic nitrogens is 2. The monoisotopic (exact) mass is 282 g/mol. The second-order valence-corrected chi connectivity index (χ2v) is 4.24. The normalized spacial score (nSPS) is 10.4. The zero-order valence-corrected chi connectivity index (χ0v) is 10.0. The van der Waals surface area contributed by atoms with Crippen LogP contribution in [-0.4, -0.2) is 16.3 Å². The number of benzene rings is 1. The summed E-state index contributed by atoms with van der Waals surface area (Å²) in [5.41, 5.74) is 1.90. The van der Waals surface area contributed by atoms with E-state index in [2.05, 4.69) is 25.9 Å². The third-order valence-corrected chi connectivity index (χ3v) is 2.84. The molecule has 82 valence electrons. The number of aldehydes is 1. The van der Waals surface area contributed by atoms with Gasteiger partial charge in [0, 0.05) is 10.0 Å². The molecule has 16 heavy (non-hydrogen) atoms. The molecule has 0 atom stereocenters. The number of H-pyrrole nitrogens is 1. The fourth-order valence-electron chi connectivity index (χ4n) is 1.52. The molecule has 2 aromatic rings. The fraction of sp³-hybridized carbons (Fsp3) is 0.0909. The van der Waals surface area contributed by atoms with Crippen LogP contribution in [-0.2, 0) is 0 Å². The maximum atomic E-state index is 13.1. The van der Waals surface area contributed by atoms with Gasteiger partial charge in [0.1, 0.15) is 11.6 Å². The molecule has 0 aliphatic heterocycles. The Morgan fingerprint density at radius 2 is 2.25 bits per heavy atom. The van der Waals surface area contributed by atoms with Crippen LogP contribution >= 0.6 is 15.9 Å². The minimum Gasteiger partial charge on any atom is -0.336 e. The van der Waals surface area contributed by atoms with Crippen molar-refractivity contribution >= 4 is 22.2 Å². The van der Waals surface area contributed by atoms with Gasteiger partial charge in [-0.15, -0.1) is 0 Å². The van der Waals surface area contributed by atoms with Gasteiger partial charge in [0.2, 0.25) is 0 Å². The van der Waals surface area contributed by atoms with Crippen molar-refractivity contribution in [2.24, 2.45) is 0 Å². The summed E-state index contributed by atoms with van der Waals surface area (Å²) in [5, 5.41) is 0. The molecule has 0 spiro atoms. The van der Waals surface area contributed by atoms with Crippen molar-refractivity contribution in [3.63, 3.8) is 0 Å². The molecule has 0 fully saturated rings. The van der Waals surface area contributed by atoms with Crippen molar-refractivity contribution in [3.05, 3.63) is 39.9 Å². The number of hydrogen-bond acceptors (Lipinski definition) is 2. The molecule has 5 heteroatoms. The molecule has 1 heterocycles. The lowest BCUT2D eigenvalue weighted by Gasteiger charge is -2.05. The highest BCUT2D eigenvalue weighted by Gasteiger charge is 2.11. The van der Waals surface area contributed by atoms with Crippen molar-refractivity contribution in [2.75, 3.05) is 0 Å². The lowest BCUT2D eigenvalue weighted by atomic mass is 10.1. The Balaban J connectivity index is 2.59. The summed E-state index contributed by atoms with van der Waals surface area (Å²) < 4.78 is 13.7. The van der Waals surface area contributed by atoms with Crippen molar-refractivity contribution in [1.82, 2.24) is 9.97 Å². The van der Waals surface area contributed by atoms with Crippen LogP contribution in [0.2, 0.25) is 0 Å². The first kappa shape index (κ1) is 11.0. The maximum Gasteiger partial charge on any atom is 0.167 e. The molecule has 2 rings (SSSR count). The number of nitrogens with zero attached hydrogens (tertiary/aromatic N) is 1. The number of aryl methyl sites for hydroxylation is 1. The minimum absolute atomic E-state index is 0.310. The van der Waals surface area contributed by atoms with E-state index >= 15 is 0 Å². The average Bonchev–Trinajstić information content (AvgIpc) is 2.64. The Kier molecular flexibility index (Phi) is 2.87. The van der Waals surface area contributed by atoms with E-state index in [1.165, 1.54) is 18.3 Å². The predicted molar refractivity (Wildman–Crippen MR) is 61.8 cm³/mol. The molecule has 3 nitrogen and oxygen atoms in total. The van der Waals surface area contributed by atoms with Gasteiger partial charge in [0.05, 0.1) is 11.9 Å². The number of carbonyl (C=O) groups excluding carboxylic acids is 1. The van der Waals surface area contributed by atoms with Crippen molar-refractivity contribution < 1.29 is 9.18 Å². The number of aromatic amines is 1. The predicted octanol–water partition coefficient (Wildman–Crippen LogP) is 3.10. The topological polar surface area (TPSA) is 45.8 Å². The Labute approximate surface area is 99.8 Å². The number of rotatable bonds is 2. The third kappa shape index (κ3) is 1.90. The van der Waals surface area contributed by atoms with Gasteiger partial charge in [0.15, 0.2) is 6.29 Å². The van der Waals surface area contributed by atoms with E-state index in [1.54, 1.807) is 6.92 Å². The fourth-order valence-corrected chi connectivity index (χ4v) is 2.24. The first-order valence-electron chi connectivity index (χ1n) is 4.58. The van der Waals surface area contributed by atoms with Gasteiger partial charge in [0.25, 0.3) is 0 Å². The van der Waals surface area contributed by atoms with Gasteiger partial charge in [-0.25, -0.2) is 9.37 Å². The van der Waals surface area contributed by atoms with Crippen LogP contribution in [0.4, 0.5) is 4.39 Å². The van der Waals surface area contributed by atoms with Gasteiger partial charge < -0.3 is 4.98 Å². The number of imidazole rings is 1. The number of nitrogens with one attached hydrogen (secondary N) is 1. The molecule has 0 aliphatic carbocycles. The summed E-state index contributed by atoms with van der Waals surface area (Å²) in [4.78, 5) is 17.5. The van der Waals surface area contributed by atoms with Crippen LogP contribution in [0.3, 0.4) is 0 Å². The summed E-state index contributed by atoms with van der Waals surface area (Å²) in [6.45, 7) is 1.78. The highest BCUT2D eigenvalue weighted by Crippen LogP contribution is 2.30. The molecule has 0 saturated heterocycles. The Hall–Kier alpha value is -1.49. The van der Waals surface area contributed by atoms with Crippen molar-refractivity contribution in [2.45, 2.75) is 6.92 Å². The van der Waals surface area contributed by atoms with E-state index < -0.39 is 0 Å². The summed E-state index contributed by atoms with van der Waals surface area (Å²) in [6, 6.07) is 2.79. The summed E-state index contributed by atoms with van der Waals surface area (Å²) in [5.74, 6) is 0.238. The molecule has 1 aromatic heterocycles. The second-order valence-electron chi connectivity index (χ2n) is 3.38. The largest absolute Gasteiger partial charge is 0.336 e. The van der Waals surface area contributed by atoms with E-state index in [-0.39, 0.29) is 5.82 Å². The first-order valence-corrected chi connectivity index (χ1v) is 5.37. The third-order valence-electron chi connectivity index (χ3n) is 2.21.